The van der Waals surface area contributed by atoms with E-state index in [0.29, 0.717) is 22.6 Å². The molecule has 4 heteroatoms. The van der Waals surface area contributed by atoms with Gasteiger partial charge in [-0.2, -0.15) is 0 Å². The molecule has 0 spiro atoms. The zero-order valence-electron chi connectivity index (χ0n) is 15.7. The Morgan fingerprint density at radius 3 is 1.86 bits per heavy atom. The number of hydrogen-bond donors (Lipinski definition) is 1. The number of aliphatic carboxylic acids is 1. The summed E-state index contributed by atoms with van der Waals surface area (Å²) in [5.41, 5.74) is 4.40. The lowest BCUT2D eigenvalue weighted by molar-refractivity contribution is -0.130. The number of hydrogen-bond acceptors (Lipinski definition) is 3. The van der Waals surface area contributed by atoms with Crippen molar-refractivity contribution in [2.24, 2.45) is 0 Å². The van der Waals surface area contributed by atoms with E-state index in [1.165, 1.54) is 0 Å². The van der Waals surface area contributed by atoms with Gasteiger partial charge in [-0.15, -0.1) is 0 Å². The maximum absolute atomic E-state index is 11.8. The molecule has 0 bridgehead atoms. The number of carboxylic acids is 1. The second-order valence-electron chi connectivity index (χ2n) is 6.60. The van der Waals surface area contributed by atoms with Gasteiger partial charge in [0.25, 0.3) is 0 Å². The Kier molecular flexibility index (Phi) is 5.70. The van der Waals surface area contributed by atoms with Crippen LogP contribution in [0.5, 0.6) is 11.5 Å². The lowest BCUT2D eigenvalue weighted by atomic mass is 10.0. The van der Waals surface area contributed by atoms with E-state index < -0.39 is 5.97 Å². The molecule has 28 heavy (non-hydrogen) atoms. The highest BCUT2D eigenvalue weighted by Gasteiger charge is 2.11. The fourth-order valence-corrected chi connectivity index (χ4v) is 2.98. The molecular formula is C24H20O4. The summed E-state index contributed by atoms with van der Waals surface area (Å²) in [6.07, 6.45) is 2.45. The van der Waals surface area contributed by atoms with Gasteiger partial charge in [0.05, 0.1) is 5.57 Å². The van der Waals surface area contributed by atoms with E-state index in [0.717, 1.165) is 23.0 Å². The fourth-order valence-electron chi connectivity index (χ4n) is 2.98. The molecule has 3 aromatic carbocycles. The maximum atomic E-state index is 11.8. The number of carboxylic acid groups (broad SMARTS) is 1. The number of carbonyl (C=O) groups is 2. The minimum atomic E-state index is -0.989. The van der Waals surface area contributed by atoms with Gasteiger partial charge in [-0.3, -0.25) is 4.79 Å². The van der Waals surface area contributed by atoms with Crippen LogP contribution in [0.25, 0.3) is 11.6 Å². The topological polar surface area (TPSA) is 63.6 Å². The van der Waals surface area contributed by atoms with Crippen molar-refractivity contribution in [1.29, 1.82) is 0 Å². The molecule has 0 aromatic heterocycles. The van der Waals surface area contributed by atoms with Crippen molar-refractivity contribution in [2.75, 3.05) is 0 Å². The van der Waals surface area contributed by atoms with Gasteiger partial charge in [-0.25, -0.2) is 4.79 Å². The summed E-state index contributed by atoms with van der Waals surface area (Å²) in [5, 5.41) is 9.65. The van der Waals surface area contributed by atoms with Gasteiger partial charge in [0.15, 0.2) is 0 Å². The molecule has 0 radical (unpaired) electrons. The zero-order valence-corrected chi connectivity index (χ0v) is 15.7. The van der Waals surface area contributed by atoms with Crippen LogP contribution in [0.4, 0.5) is 0 Å². The van der Waals surface area contributed by atoms with Crippen LogP contribution in [-0.4, -0.2) is 17.4 Å². The quantitative estimate of drug-likeness (QED) is 0.351. The molecule has 140 valence electrons. The van der Waals surface area contributed by atoms with Crippen molar-refractivity contribution in [3.8, 4) is 11.5 Å². The van der Waals surface area contributed by atoms with E-state index in [2.05, 4.69) is 0 Å². The third-order valence-corrected chi connectivity index (χ3v) is 4.20. The highest BCUT2D eigenvalue weighted by Crippen LogP contribution is 2.26. The second kappa shape index (κ2) is 8.35. The molecule has 0 heterocycles. The molecular weight excluding hydrogens is 352 g/mol. The highest BCUT2D eigenvalue weighted by atomic mass is 16.5. The van der Waals surface area contributed by atoms with Crippen LogP contribution >= 0.6 is 0 Å². The van der Waals surface area contributed by atoms with Gasteiger partial charge in [0, 0.05) is 5.56 Å². The molecule has 0 aliphatic rings. The van der Waals surface area contributed by atoms with Gasteiger partial charge in [0.1, 0.15) is 17.8 Å². The van der Waals surface area contributed by atoms with Crippen LogP contribution in [0.15, 0.2) is 66.7 Å². The maximum Gasteiger partial charge on any atom is 0.336 e. The molecule has 0 saturated carbocycles. The Morgan fingerprint density at radius 2 is 1.36 bits per heavy atom. The minimum absolute atomic E-state index is 0.215. The van der Waals surface area contributed by atoms with Crippen molar-refractivity contribution in [2.45, 2.75) is 13.8 Å². The first kappa shape index (κ1) is 19.1. The van der Waals surface area contributed by atoms with Crippen LogP contribution in [0, 0.1) is 13.8 Å². The molecule has 0 fully saturated rings. The van der Waals surface area contributed by atoms with Crippen molar-refractivity contribution in [3.05, 3.63) is 94.5 Å². The smallest absolute Gasteiger partial charge is 0.336 e. The highest BCUT2D eigenvalue weighted by molar-refractivity contribution is 6.20. The first-order valence-corrected chi connectivity index (χ1v) is 8.81. The fraction of sp³-hybridized carbons (Fsp3) is 0.0833. The molecule has 3 aromatic rings. The largest absolute Gasteiger partial charge is 0.478 e. The monoisotopic (exact) mass is 372 g/mol. The number of benzene rings is 3. The SMILES string of the molecule is Cc1cc(C)cc(/C=C(/C(=O)O)c2ccc(Oc3ccc(C=O)cc3)cc2)c1. The summed E-state index contributed by atoms with van der Waals surface area (Å²) in [4.78, 5) is 22.5. The third kappa shape index (κ3) is 4.74. The predicted molar refractivity (Wildman–Crippen MR) is 110 cm³/mol. The summed E-state index contributed by atoms with van der Waals surface area (Å²) in [6, 6.07) is 19.6. The molecule has 0 atom stereocenters. The first-order chi connectivity index (χ1) is 13.4. The Morgan fingerprint density at radius 1 is 0.821 bits per heavy atom. The van der Waals surface area contributed by atoms with E-state index in [1.54, 1.807) is 54.6 Å². The molecule has 4 nitrogen and oxygen atoms in total. The van der Waals surface area contributed by atoms with Gasteiger partial charge in [0.2, 0.25) is 0 Å². The molecule has 0 unspecified atom stereocenters. The van der Waals surface area contributed by atoms with E-state index in [4.69, 9.17) is 4.74 Å². The first-order valence-electron chi connectivity index (χ1n) is 8.81. The van der Waals surface area contributed by atoms with Crippen molar-refractivity contribution >= 4 is 23.9 Å². The van der Waals surface area contributed by atoms with Crippen molar-refractivity contribution in [1.82, 2.24) is 0 Å². The summed E-state index contributed by atoms with van der Waals surface area (Å²) < 4.78 is 5.74. The summed E-state index contributed by atoms with van der Waals surface area (Å²) in [6.45, 7) is 3.97. The average Bonchev–Trinajstić information content (AvgIpc) is 2.66. The van der Waals surface area contributed by atoms with E-state index >= 15 is 0 Å². The lowest BCUT2D eigenvalue weighted by Crippen LogP contribution is -2.00. The average molecular weight is 372 g/mol. The van der Waals surface area contributed by atoms with Crippen molar-refractivity contribution < 1.29 is 19.4 Å². The second-order valence-corrected chi connectivity index (χ2v) is 6.60. The van der Waals surface area contributed by atoms with Crippen molar-refractivity contribution in [3.63, 3.8) is 0 Å². The molecule has 1 N–H and O–H groups in total. The normalized spacial score (nSPS) is 11.1. The summed E-state index contributed by atoms with van der Waals surface area (Å²) in [5.74, 6) is 0.193. The number of aryl methyl sites for hydroxylation is 2. The molecule has 0 aliphatic carbocycles. The van der Waals surface area contributed by atoms with E-state index in [9.17, 15) is 14.7 Å². The molecule has 3 rings (SSSR count). The van der Waals surface area contributed by atoms with Gasteiger partial charge in [-0.05, 0) is 67.4 Å². The number of ether oxygens (including phenoxy) is 1. The Bertz CT molecular complexity index is 1010. The number of rotatable bonds is 6. The molecule has 0 amide bonds. The van der Waals surface area contributed by atoms with Crippen LogP contribution in [-0.2, 0) is 4.79 Å². The predicted octanol–water partition coefficient (Wildman–Crippen LogP) is 5.53. The Labute approximate surface area is 163 Å². The minimum Gasteiger partial charge on any atom is -0.478 e. The van der Waals surface area contributed by atoms with Crippen LogP contribution in [0.2, 0.25) is 0 Å². The Balaban J connectivity index is 1.85. The number of aldehydes is 1. The molecule has 0 saturated heterocycles. The standard InChI is InChI=1S/C24H20O4/c1-16-11-17(2)13-19(12-16)14-23(24(26)27)20-5-9-22(10-6-20)28-21-7-3-18(15-25)4-8-21/h3-15H,1-2H3,(H,26,27)/b23-14+. The third-order valence-electron chi connectivity index (χ3n) is 4.20. The zero-order chi connectivity index (χ0) is 20.1. The number of carbonyl (C=O) groups excluding carboxylic acids is 1. The van der Waals surface area contributed by atoms with Crippen LogP contribution in [0.3, 0.4) is 0 Å². The molecule has 0 aliphatic heterocycles. The Hall–Kier alpha value is -3.66. The van der Waals surface area contributed by atoms with Gasteiger partial charge < -0.3 is 9.84 Å². The summed E-state index contributed by atoms with van der Waals surface area (Å²) >= 11 is 0. The summed E-state index contributed by atoms with van der Waals surface area (Å²) in [7, 11) is 0. The van der Waals surface area contributed by atoms with Gasteiger partial charge in [-0.1, -0.05) is 41.5 Å². The van der Waals surface area contributed by atoms with E-state index in [1.807, 2.05) is 32.0 Å². The van der Waals surface area contributed by atoms with E-state index in [-0.39, 0.29) is 5.57 Å². The van der Waals surface area contributed by atoms with Gasteiger partial charge >= 0.3 is 5.97 Å². The van der Waals surface area contributed by atoms with Crippen LogP contribution < -0.4 is 4.74 Å². The lowest BCUT2D eigenvalue weighted by Gasteiger charge is -2.08. The van der Waals surface area contributed by atoms with Crippen LogP contribution in [0.1, 0.15) is 32.6 Å².